The summed E-state index contributed by atoms with van der Waals surface area (Å²) in [5, 5.41) is 11.1. The van der Waals surface area contributed by atoms with E-state index in [4.69, 9.17) is 16.3 Å². The lowest BCUT2D eigenvalue weighted by Crippen LogP contribution is -2.49. The van der Waals surface area contributed by atoms with Crippen LogP contribution in [0.1, 0.15) is 55.8 Å². The minimum absolute atomic E-state index is 0.0107. The highest BCUT2D eigenvalue weighted by Crippen LogP contribution is 2.25. The van der Waals surface area contributed by atoms with Crippen LogP contribution in [0.2, 0.25) is 5.02 Å². The Morgan fingerprint density at radius 1 is 1.14 bits per heavy atom. The van der Waals surface area contributed by atoms with Crippen LogP contribution in [0.5, 0.6) is 0 Å². The number of anilines is 1. The van der Waals surface area contributed by atoms with E-state index in [1.165, 1.54) is 12.1 Å². The van der Waals surface area contributed by atoms with E-state index in [-0.39, 0.29) is 52.5 Å². The molecule has 2 saturated heterocycles. The van der Waals surface area contributed by atoms with Gasteiger partial charge in [-0.15, -0.1) is 0 Å². The Bertz CT molecular complexity index is 1050. The van der Waals surface area contributed by atoms with Gasteiger partial charge in [-0.05, 0) is 63.6 Å². The molecule has 1 unspecified atom stereocenters. The first-order chi connectivity index (χ1) is 17.2. The molecule has 1 aliphatic carbocycles. The number of nitrogens with one attached hydrogen (secondary N) is 4. The number of hydrogen-bond acceptors (Lipinski definition) is 6. The topological polar surface area (TPSA) is 143 Å². The number of carbonyl (C=O) groups excluding carboxylic acids is 5. The monoisotopic (exact) mass is 518 g/mol. The molecule has 4 rings (SSSR count). The number of ketones is 1. The second-order valence-electron chi connectivity index (χ2n) is 9.78. The quantitative estimate of drug-likeness (QED) is 0.365. The molecule has 0 radical (unpaired) electrons. The van der Waals surface area contributed by atoms with Gasteiger partial charge in [0.05, 0.1) is 17.3 Å². The van der Waals surface area contributed by atoms with Crippen LogP contribution in [-0.2, 0) is 23.9 Å². The highest BCUT2D eigenvalue weighted by molar-refractivity contribution is 6.38. The third-order valence-electron chi connectivity index (χ3n) is 6.75. The van der Waals surface area contributed by atoms with E-state index in [0.29, 0.717) is 32.5 Å². The molecule has 1 aromatic rings. The summed E-state index contributed by atoms with van der Waals surface area (Å²) in [5.41, 5.74) is 0.307. The van der Waals surface area contributed by atoms with Crippen molar-refractivity contribution < 1.29 is 28.7 Å². The minimum Gasteiger partial charge on any atom is -0.381 e. The smallest absolute Gasteiger partial charge is 0.289 e. The molecule has 194 valence electrons. The van der Waals surface area contributed by atoms with Crippen LogP contribution in [0.25, 0.3) is 0 Å². The molecule has 4 amide bonds. The molecule has 3 aliphatic rings. The highest BCUT2D eigenvalue weighted by atomic mass is 35.5. The second-order valence-corrected chi connectivity index (χ2v) is 10.2. The van der Waals surface area contributed by atoms with Gasteiger partial charge in [0.25, 0.3) is 11.8 Å². The number of halogens is 1. The van der Waals surface area contributed by atoms with Gasteiger partial charge in [0.15, 0.2) is 0 Å². The summed E-state index contributed by atoms with van der Waals surface area (Å²) in [6.07, 6.45) is 3.25. The molecule has 0 bridgehead atoms. The summed E-state index contributed by atoms with van der Waals surface area (Å²) in [6, 6.07) is 3.16. The van der Waals surface area contributed by atoms with E-state index in [2.05, 4.69) is 21.3 Å². The van der Waals surface area contributed by atoms with Gasteiger partial charge in [-0.2, -0.15) is 0 Å². The zero-order valence-corrected chi connectivity index (χ0v) is 20.9. The SMILES string of the molecule is C[C@@H]1C[C@@H](CC(NC(=O)c2cc(Cl)ccc2NC(=O)C2CCOCC2)C(=O)C(=O)NC2CC2)C(=O)N1. The minimum atomic E-state index is -1.21. The van der Waals surface area contributed by atoms with Crippen molar-refractivity contribution in [3.63, 3.8) is 0 Å². The van der Waals surface area contributed by atoms with Crippen molar-refractivity contribution in [1.82, 2.24) is 16.0 Å². The first-order valence-corrected chi connectivity index (χ1v) is 12.7. The number of rotatable bonds is 9. The van der Waals surface area contributed by atoms with Crippen molar-refractivity contribution in [2.24, 2.45) is 11.8 Å². The average Bonchev–Trinajstić information content (AvgIpc) is 3.61. The maximum Gasteiger partial charge on any atom is 0.289 e. The van der Waals surface area contributed by atoms with Crippen LogP contribution >= 0.6 is 11.6 Å². The summed E-state index contributed by atoms with van der Waals surface area (Å²) in [5.74, 6) is -3.48. The average molecular weight is 519 g/mol. The fraction of sp³-hybridized carbons (Fsp3) is 0.560. The third-order valence-corrected chi connectivity index (χ3v) is 6.99. The zero-order chi connectivity index (χ0) is 25.8. The van der Waals surface area contributed by atoms with E-state index < -0.39 is 29.6 Å². The lowest BCUT2D eigenvalue weighted by Gasteiger charge is -2.23. The highest BCUT2D eigenvalue weighted by Gasteiger charge is 2.38. The molecule has 2 heterocycles. The zero-order valence-electron chi connectivity index (χ0n) is 20.1. The van der Waals surface area contributed by atoms with Crippen molar-refractivity contribution in [2.45, 2.75) is 63.6 Å². The summed E-state index contributed by atoms with van der Waals surface area (Å²) in [7, 11) is 0. The molecule has 36 heavy (non-hydrogen) atoms. The van der Waals surface area contributed by atoms with Crippen LogP contribution in [-0.4, -0.2) is 60.8 Å². The third kappa shape index (κ3) is 6.61. The van der Waals surface area contributed by atoms with Gasteiger partial charge in [-0.1, -0.05) is 11.6 Å². The Balaban J connectivity index is 1.52. The number of amides is 4. The summed E-state index contributed by atoms with van der Waals surface area (Å²) >= 11 is 6.14. The molecular formula is C25H31ClN4O6. The molecule has 0 aromatic heterocycles. The Labute approximate surface area is 214 Å². The number of hydrogen-bond donors (Lipinski definition) is 4. The van der Waals surface area contributed by atoms with E-state index >= 15 is 0 Å². The lowest BCUT2D eigenvalue weighted by atomic mass is 9.93. The summed E-state index contributed by atoms with van der Waals surface area (Å²) in [4.78, 5) is 64.0. The fourth-order valence-electron chi connectivity index (χ4n) is 4.56. The molecule has 4 N–H and O–H groups in total. The molecule has 10 nitrogen and oxygen atoms in total. The molecule has 3 fully saturated rings. The molecule has 11 heteroatoms. The number of ether oxygens (including phenoxy) is 1. The molecular weight excluding hydrogens is 488 g/mol. The van der Waals surface area contributed by atoms with Crippen molar-refractivity contribution >= 4 is 46.7 Å². The van der Waals surface area contributed by atoms with Gasteiger partial charge >= 0.3 is 0 Å². The first kappa shape index (κ1) is 26.1. The number of benzene rings is 1. The Hall–Kier alpha value is -2.98. The van der Waals surface area contributed by atoms with Crippen LogP contribution in [0.15, 0.2) is 18.2 Å². The number of carbonyl (C=O) groups is 5. The summed E-state index contributed by atoms with van der Waals surface area (Å²) < 4.78 is 5.31. The van der Waals surface area contributed by atoms with E-state index in [0.717, 1.165) is 12.8 Å². The van der Waals surface area contributed by atoms with Crippen LogP contribution in [0.3, 0.4) is 0 Å². The Morgan fingerprint density at radius 2 is 1.86 bits per heavy atom. The van der Waals surface area contributed by atoms with E-state index in [9.17, 15) is 24.0 Å². The van der Waals surface area contributed by atoms with Gasteiger partial charge < -0.3 is 26.0 Å². The second kappa shape index (κ2) is 11.4. The molecule has 3 atom stereocenters. The van der Waals surface area contributed by atoms with Crippen LogP contribution in [0, 0.1) is 11.8 Å². The van der Waals surface area contributed by atoms with Crippen molar-refractivity contribution in [3.8, 4) is 0 Å². The summed E-state index contributed by atoms with van der Waals surface area (Å²) in [6.45, 7) is 2.84. The standard InChI is InChI=1S/C25H31ClN4O6/c1-13-10-15(23(33)27-13)11-20(21(31)25(35)28-17-3-4-17)30-24(34)18-12-16(26)2-5-19(18)29-22(32)14-6-8-36-9-7-14/h2,5,12-15,17,20H,3-4,6-11H2,1H3,(H,27,33)(H,28,35)(H,29,32)(H,30,34)/t13-,15+,20?/m1/s1. The molecule has 0 spiro atoms. The van der Waals surface area contributed by atoms with Gasteiger partial charge in [0.2, 0.25) is 17.6 Å². The van der Waals surface area contributed by atoms with Crippen LogP contribution < -0.4 is 21.3 Å². The van der Waals surface area contributed by atoms with Gasteiger partial charge in [0, 0.05) is 42.2 Å². The van der Waals surface area contributed by atoms with E-state index in [1.807, 2.05) is 6.92 Å². The largest absolute Gasteiger partial charge is 0.381 e. The van der Waals surface area contributed by atoms with E-state index in [1.54, 1.807) is 6.07 Å². The number of Topliss-reactive ketones (excluding diaryl/α,β-unsaturated/α-hetero) is 1. The van der Waals surface area contributed by atoms with Gasteiger partial charge in [0.1, 0.15) is 0 Å². The van der Waals surface area contributed by atoms with Gasteiger partial charge in [-0.3, -0.25) is 24.0 Å². The molecule has 1 saturated carbocycles. The predicted octanol–water partition coefficient (Wildman–Crippen LogP) is 1.57. The molecule has 1 aromatic carbocycles. The van der Waals surface area contributed by atoms with Gasteiger partial charge in [-0.25, -0.2) is 0 Å². The van der Waals surface area contributed by atoms with Crippen LogP contribution in [0.4, 0.5) is 5.69 Å². The molecule has 2 aliphatic heterocycles. The normalized spacial score (nSPS) is 22.9. The predicted molar refractivity (Wildman–Crippen MR) is 131 cm³/mol. The Morgan fingerprint density at radius 3 is 2.50 bits per heavy atom. The maximum atomic E-state index is 13.3. The van der Waals surface area contributed by atoms with Crippen molar-refractivity contribution in [1.29, 1.82) is 0 Å². The maximum absolute atomic E-state index is 13.3. The van der Waals surface area contributed by atoms with Crippen molar-refractivity contribution in [3.05, 3.63) is 28.8 Å². The first-order valence-electron chi connectivity index (χ1n) is 12.4. The van der Waals surface area contributed by atoms with Crippen molar-refractivity contribution in [2.75, 3.05) is 18.5 Å². The Kier molecular flexibility index (Phi) is 8.25. The fourth-order valence-corrected chi connectivity index (χ4v) is 4.73. The lowest BCUT2D eigenvalue weighted by molar-refractivity contribution is -0.139.